The van der Waals surface area contributed by atoms with Crippen LogP contribution in [0.1, 0.15) is 32.0 Å². The molecule has 5 heteroatoms. The van der Waals surface area contributed by atoms with E-state index in [-0.39, 0.29) is 6.61 Å². The highest BCUT2D eigenvalue weighted by molar-refractivity contribution is 6.54. The van der Waals surface area contributed by atoms with Crippen molar-refractivity contribution in [1.29, 1.82) is 0 Å². The van der Waals surface area contributed by atoms with Crippen LogP contribution in [0, 0.1) is 6.92 Å². The summed E-state index contributed by atoms with van der Waals surface area (Å²) in [6.07, 6.45) is 0. The molecule has 1 heterocycles. The van der Waals surface area contributed by atoms with Crippen molar-refractivity contribution in [2.45, 2.75) is 13.5 Å². The molecular formula is C21H19NO4. The van der Waals surface area contributed by atoms with Crippen molar-refractivity contribution < 1.29 is 19.1 Å². The zero-order valence-corrected chi connectivity index (χ0v) is 14.7. The van der Waals surface area contributed by atoms with Gasteiger partial charge in [0.05, 0.1) is 18.7 Å². The van der Waals surface area contributed by atoms with Gasteiger partial charge in [-0.05, 0) is 30.8 Å². The second kappa shape index (κ2) is 6.20. The summed E-state index contributed by atoms with van der Waals surface area (Å²) in [5.74, 6) is 0.123. The van der Waals surface area contributed by atoms with Gasteiger partial charge in [-0.1, -0.05) is 30.3 Å². The predicted molar refractivity (Wildman–Crippen MR) is 98.5 cm³/mol. The average Bonchev–Trinajstić information content (AvgIpc) is 2.95. The highest BCUT2D eigenvalue weighted by atomic mass is 16.3. The lowest BCUT2D eigenvalue weighted by molar-refractivity contribution is 0.0815. The first kappa shape index (κ1) is 16.7. The molecule has 3 aromatic rings. The summed E-state index contributed by atoms with van der Waals surface area (Å²) in [6, 6.07) is 11.3. The number of Topliss-reactive ketones (excluding diaryl/α,β-unsaturated/α-hetero) is 2. The van der Waals surface area contributed by atoms with Gasteiger partial charge < -0.3 is 9.52 Å². The van der Waals surface area contributed by atoms with Gasteiger partial charge in [-0.15, -0.1) is 0 Å². The van der Waals surface area contributed by atoms with Gasteiger partial charge in [0.25, 0.3) is 0 Å². The molecule has 0 atom stereocenters. The van der Waals surface area contributed by atoms with Gasteiger partial charge in [0, 0.05) is 23.2 Å². The maximum atomic E-state index is 12.8. The summed E-state index contributed by atoms with van der Waals surface area (Å²) in [5.41, 5.74) is 2.15. The fourth-order valence-electron chi connectivity index (χ4n) is 3.60. The lowest BCUT2D eigenvalue weighted by Gasteiger charge is -2.16. The van der Waals surface area contributed by atoms with Crippen molar-refractivity contribution in [3.63, 3.8) is 0 Å². The summed E-state index contributed by atoms with van der Waals surface area (Å²) in [5, 5.41) is 10.8. The number of ketones is 2. The molecule has 1 aromatic heterocycles. The van der Waals surface area contributed by atoms with Crippen LogP contribution < -0.4 is 0 Å². The van der Waals surface area contributed by atoms with Crippen molar-refractivity contribution in [3.05, 3.63) is 58.8 Å². The second-order valence-corrected chi connectivity index (χ2v) is 6.68. The summed E-state index contributed by atoms with van der Waals surface area (Å²) < 4.78 is 6.05. The van der Waals surface area contributed by atoms with E-state index >= 15 is 0 Å². The maximum Gasteiger partial charge on any atom is 0.237 e. The first-order chi connectivity index (χ1) is 12.5. The third-order valence-corrected chi connectivity index (χ3v) is 4.97. The number of nitrogens with zero attached hydrogens (tertiary/aromatic N) is 1. The molecule has 132 valence electrons. The number of rotatable bonds is 4. The average molecular weight is 349 g/mol. The van der Waals surface area contributed by atoms with Crippen molar-refractivity contribution >= 4 is 22.3 Å². The fourth-order valence-corrected chi connectivity index (χ4v) is 3.60. The van der Waals surface area contributed by atoms with Crippen molar-refractivity contribution in [2.75, 3.05) is 20.2 Å². The number of carbonyl (C=O) groups is 2. The minimum atomic E-state index is -0.513. The smallest absolute Gasteiger partial charge is 0.237 e. The number of fused-ring (bicyclic) bond motifs is 5. The van der Waals surface area contributed by atoms with Crippen LogP contribution in [-0.4, -0.2) is 41.8 Å². The molecule has 0 aliphatic heterocycles. The Morgan fingerprint density at radius 3 is 2.54 bits per heavy atom. The van der Waals surface area contributed by atoms with Crippen molar-refractivity contribution in [1.82, 2.24) is 4.90 Å². The molecule has 0 unspecified atom stereocenters. The van der Waals surface area contributed by atoms with E-state index < -0.39 is 11.6 Å². The van der Waals surface area contributed by atoms with Crippen LogP contribution >= 0.6 is 0 Å². The van der Waals surface area contributed by atoms with Gasteiger partial charge in [-0.3, -0.25) is 14.5 Å². The van der Waals surface area contributed by atoms with E-state index in [0.29, 0.717) is 46.9 Å². The van der Waals surface area contributed by atoms with Crippen molar-refractivity contribution in [3.8, 4) is 11.3 Å². The van der Waals surface area contributed by atoms with E-state index in [9.17, 15) is 9.59 Å². The Bertz CT molecular complexity index is 1050. The number of furan rings is 1. The Hall–Kier alpha value is -2.76. The Kier molecular flexibility index (Phi) is 3.98. The number of carbonyl (C=O) groups excluding carboxylic acids is 2. The number of hydrogen-bond donors (Lipinski definition) is 1. The molecule has 1 aliphatic carbocycles. The lowest BCUT2D eigenvalue weighted by Crippen LogP contribution is -2.22. The SMILES string of the molecule is Cc1c(CN(C)CCO)oc2c1C(=O)C(=O)c1c-2ccc2ccccc12. The summed E-state index contributed by atoms with van der Waals surface area (Å²) in [6.45, 7) is 2.81. The molecule has 0 amide bonds. The van der Waals surface area contributed by atoms with E-state index in [1.807, 2.05) is 55.3 Å². The zero-order valence-electron chi connectivity index (χ0n) is 14.7. The zero-order chi connectivity index (χ0) is 18.4. The van der Waals surface area contributed by atoms with Crippen LogP contribution in [0.2, 0.25) is 0 Å². The van der Waals surface area contributed by atoms with Gasteiger partial charge in [-0.25, -0.2) is 0 Å². The number of aliphatic hydroxyl groups excluding tert-OH is 1. The summed E-state index contributed by atoms with van der Waals surface area (Å²) in [4.78, 5) is 27.6. The molecule has 1 aliphatic rings. The van der Waals surface area contributed by atoms with Crippen LogP contribution in [0.15, 0.2) is 40.8 Å². The molecule has 0 fully saturated rings. The largest absolute Gasteiger partial charge is 0.459 e. The predicted octanol–water partition coefficient (Wildman–Crippen LogP) is 3.21. The Morgan fingerprint density at radius 2 is 1.77 bits per heavy atom. The monoisotopic (exact) mass is 349 g/mol. The molecule has 2 aromatic carbocycles. The Morgan fingerprint density at radius 1 is 1.04 bits per heavy atom. The molecule has 0 saturated carbocycles. The molecule has 0 saturated heterocycles. The number of likely N-dealkylation sites (N-methyl/N-ethyl adjacent to an activating group) is 1. The molecule has 4 rings (SSSR count). The van der Waals surface area contributed by atoms with Gasteiger partial charge in [0.1, 0.15) is 11.5 Å². The first-order valence-corrected chi connectivity index (χ1v) is 8.55. The van der Waals surface area contributed by atoms with Crippen molar-refractivity contribution in [2.24, 2.45) is 0 Å². The highest BCUT2D eigenvalue weighted by Gasteiger charge is 2.37. The minimum Gasteiger partial charge on any atom is -0.459 e. The van der Waals surface area contributed by atoms with Gasteiger partial charge in [0.15, 0.2) is 0 Å². The minimum absolute atomic E-state index is 0.0439. The van der Waals surface area contributed by atoms with E-state index in [1.165, 1.54) is 0 Å². The Labute approximate surface area is 150 Å². The Balaban J connectivity index is 1.92. The van der Waals surface area contributed by atoms with Gasteiger partial charge in [-0.2, -0.15) is 0 Å². The third kappa shape index (κ3) is 2.40. The van der Waals surface area contributed by atoms with Crippen LogP contribution in [0.3, 0.4) is 0 Å². The van der Waals surface area contributed by atoms with E-state index in [1.54, 1.807) is 0 Å². The third-order valence-electron chi connectivity index (χ3n) is 4.97. The van der Waals surface area contributed by atoms with Crippen LogP contribution in [0.25, 0.3) is 22.1 Å². The topological polar surface area (TPSA) is 70.8 Å². The molecule has 0 bridgehead atoms. The molecule has 1 N–H and O–H groups in total. The lowest BCUT2D eigenvalue weighted by atomic mass is 9.84. The van der Waals surface area contributed by atoms with E-state index in [4.69, 9.17) is 9.52 Å². The normalized spacial score (nSPS) is 13.4. The number of benzene rings is 2. The van der Waals surface area contributed by atoms with Crippen LogP contribution in [0.4, 0.5) is 0 Å². The quantitative estimate of drug-likeness (QED) is 0.733. The molecule has 26 heavy (non-hydrogen) atoms. The second-order valence-electron chi connectivity index (χ2n) is 6.68. The highest BCUT2D eigenvalue weighted by Crippen LogP contribution is 2.41. The van der Waals surface area contributed by atoms with E-state index in [2.05, 4.69) is 0 Å². The standard InChI is InChI=1S/C21H19NO4/c1-12-16(11-22(2)9-10-23)26-21-15-8-7-13-5-3-4-6-14(13)18(15)20(25)19(24)17(12)21/h3-8,23H,9-11H2,1-2H3. The first-order valence-electron chi connectivity index (χ1n) is 8.55. The molecule has 0 radical (unpaired) electrons. The molecule has 0 spiro atoms. The molecule has 5 nitrogen and oxygen atoms in total. The fraction of sp³-hybridized carbons (Fsp3) is 0.238. The summed E-state index contributed by atoms with van der Waals surface area (Å²) >= 11 is 0. The van der Waals surface area contributed by atoms with Gasteiger partial charge >= 0.3 is 0 Å². The van der Waals surface area contributed by atoms with Gasteiger partial charge in [0.2, 0.25) is 11.6 Å². The maximum absolute atomic E-state index is 12.8. The number of hydrogen-bond acceptors (Lipinski definition) is 5. The van der Waals surface area contributed by atoms with Crippen LogP contribution in [0.5, 0.6) is 0 Å². The molecular weight excluding hydrogens is 330 g/mol. The van der Waals surface area contributed by atoms with Crippen LogP contribution in [-0.2, 0) is 6.54 Å². The number of aliphatic hydroxyl groups is 1. The van der Waals surface area contributed by atoms with E-state index in [0.717, 1.165) is 10.8 Å². The summed E-state index contributed by atoms with van der Waals surface area (Å²) in [7, 11) is 1.87.